The number of imidazole rings is 1. The van der Waals surface area contributed by atoms with E-state index in [9.17, 15) is 10.1 Å². The van der Waals surface area contributed by atoms with Crippen molar-refractivity contribution < 1.29 is 9.66 Å². The van der Waals surface area contributed by atoms with E-state index in [0.29, 0.717) is 24.1 Å². The van der Waals surface area contributed by atoms with Crippen LogP contribution in [0.3, 0.4) is 0 Å². The highest BCUT2D eigenvalue weighted by atomic mass is 16.6. The molecule has 2 aromatic carbocycles. The molecule has 1 aliphatic heterocycles. The molecule has 7 heteroatoms. The van der Waals surface area contributed by atoms with Crippen LogP contribution in [-0.2, 0) is 6.42 Å². The Labute approximate surface area is 169 Å². The van der Waals surface area contributed by atoms with E-state index in [2.05, 4.69) is 10.3 Å². The van der Waals surface area contributed by atoms with Crippen molar-refractivity contribution in [3.05, 3.63) is 75.4 Å². The van der Waals surface area contributed by atoms with Gasteiger partial charge < -0.3 is 14.6 Å². The van der Waals surface area contributed by atoms with Crippen LogP contribution in [0.2, 0.25) is 0 Å². The summed E-state index contributed by atoms with van der Waals surface area (Å²) < 4.78 is 8.28. The van der Waals surface area contributed by atoms with E-state index in [-0.39, 0.29) is 10.6 Å². The molecule has 29 heavy (non-hydrogen) atoms. The van der Waals surface area contributed by atoms with Crippen LogP contribution in [0.1, 0.15) is 29.2 Å². The number of benzene rings is 2. The highest BCUT2D eigenvalue weighted by Gasteiger charge is 2.39. The molecular weight excluding hydrogens is 368 g/mol. The summed E-state index contributed by atoms with van der Waals surface area (Å²) in [6.45, 7) is 8.15. The number of ether oxygens (including phenoxy) is 1. The molecule has 0 bridgehead atoms. The fraction of sp³-hybridized carbons (Fsp3) is 0.318. The number of nitro groups is 1. The van der Waals surface area contributed by atoms with Gasteiger partial charge in [-0.2, -0.15) is 0 Å². The summed E-state index contributed by atoms with van der Waals surface area (Å²) in [5.74, 6) is 0.797. The van der Waals surface area contributed by atoms with Crippen molar-refractivity contribution in [3.8, 4) is 11.4 Å². The van der Waals surface area contributed by atoms with Crippen LogP contribution >= 0.6 is 0 Å². The van der Waals surface area contributed by atoms with Gasteiger partial charge >= 0.3 is 0 Å². The van der Waals surface area contributed by atoms with Crippen LogP contribution in [0.5, 0.6) is 5.75 Å². The number of nitrogens with one attached hydrogen (secondary N) is 1. The number of rotatable bonds is 5. The zero-order valence-electron chi connectivity index (χ0n) is 17.0. The maximum Gasteiger partial charge on any atom is 0.275 e. The van der Waals surface area contributed by atoms with Gasteiger partial charge in [0, 0.05) is 52.4 Å². The minimum Gasteiger partial charge on any atom is -0.485 e. The molecule has 0 aliphatic carbocycles. The van der Waals surface area contributed by atoms with Crippen molar-refractivity contribution in [1.82, 2.24) is 9.55 Å². The number of nitro benzene ring substituents is 1. The number of hydrogen-bond donors (Lipinski definition) is 1. The summed E-state index contributed by atoms with van der Waals surface area (Å²) in [6.07, 6.45) is 6.05. The molecule has 4 rings (SSSR count). The van der Waals surface area contributed by atoms with Gasteiger partial charge in [0.15, 0.2) is 0 Å². The lowest BCUT2D eigenvalue weighted by Gasteiger charge is -2.25. The third-order valence-electron chi connectivity index (χ3n) is 5.76. The van der Waals surface area contributed by atoms with Gasteiger partial charge in [0.25, 0.3) is 5.69 Å². The smallest absolute Gasteiger partial charge is 0.275 e. The topological polar surface area (TPSA) is 82.2 Å². The SMILES string of the molecule is Cc1c(C)c([N+](=O)[O-])c(C)c2c1OC(C)(CNc1ccc(-n3ccnc3)cc1)C2. The Morgan fingerprint density at radius 3 is 2.55 bits per heavy atom. The molecule has 3 aromatic rings. The van der Waals surface area contributed by atoms with Crippen molar-refractivity contribution in [1.29, 1.82) is 0 Å². The number of anilines is 1. The largest absolute Gasteiger partial charge is 0.485 e. The van der Waals surface area contributed by atoms with Gasteiger partial charge in [0.2, 0.25) is 0 Å². The maximum absolute atomic E-state index is 11.5. The summed E-state index contributed by atoms with van der Waals surface area (Å²) in [5, 5.41) is 15.0. The Morgan fingerprint density at radius 2 is 1.93 bits per heavy atom. The zero-order valence-corrected chi connectivity index (χ0v) is 17.0. The zero-order chi connectivity index (χ0) is 20.8. The van der Waals surface area contributed by atoms with Crippen LogP contribution in [0.15, 0.2) is 43.0 Å². The summed E-state index contributed by atoms with van der Waals surface area (Å²) in [4.78, 5) is 15.3. The lowest BCUT2D eigenvalue weighted by molar-refractivity contribution is -0.386. The van der Waals surface area contributed by atoms with Gasteiger partial charge in [-0.05, 0) is 52.0 Å². The Balaban J connectivity index is 1.52. The Morgan fingerprint density at radius 1 is 1.21 bits per heavy atom. The normalized spacial score (nSPS) is 17.7. The minimum absolute atomic E-state index is 0.206. The van der Waals surface area contributed by atoms with Crippen molar-refractivity contribution in [2.45, 2.75) is 39.7 Å². The monoisotopic (exact) mass is 392 g/mol. The average molecular weight is 392 g/mol. The molecule has 1 aromatic heterocycles. The van der Waals surface area contributed by atoms with E-state index in [1.165, 1.54) is 0 Å². The number of aromatic nitrogens is 2. The summed E-state index contributed by atoms with van der Waals surface area (Å²) in [5.41, 5.74) is 4.95. The molecule has 1 aliphatic rings. The van der Waals surface area contributed by atoms with Gasteiger partial charge in [0.1, 0.15) is 11.4 Å². The first-order valence-corrected chi connectivity index (χ1v) is 9.57. The van der Waals surface area contributed by atoms with E-state index in [1.54, 1.807) is 19.4 Å². The second-order valence-corrected chi connectivity index (χ2v) is 7.89. The summed E-state index contributed by atoms with van der Waals surface area (Å²) in [7, 11) is 0. The van der Waals surface area contributed by atoms with E-state index < -0.39 is 5.60 Å². The van der Waals surface area contributed by atoms with Crippen LogP contribution in [-0.4, -0.2) is 26.6 Å². The van der Waals surface area contributed by atoms with Gasteiger partial charge in [-0.15, -0.1) is 0 Å². The van der Waals surface area contributed by atoms with E-state index in [4.69, 9.17) is 4.74 Å². The van der Waals surface area contributed by atoms with Gasteiger partial charge in [-0.25, -0.2) is 4.98 Å². The molecule has 0 radical (unpaired) electrons. The predicted molar refractivity (Wildman–Crippen MR) is 112 cm³/mol. The van der Waals surface area contributed by atoms with Crippen molar-refractivity contribution in [2.24, 2.45) is 0 Å². The van der Waals surface area contributed by atoms with Gasteiger partial charge in [0.05, 0.1) is 17.8 Å². The number of nitrogens with zero attached hydrogens (tertiary/aromatic N) is 3. The molecule has 7 nitrogen and oxygen atoms in total. The minimum atomic E-state index is -0.470. The fourth-order valence-corrected chi connectivity index (χ4v) is 4.00. The van der Waals surface area contributed by atoms with Crippen molar-refractivity contribution in [2.75, 3.05) is 11.9 Å². The van der Waals surface area contributed by atoms with E-state index >= 15 is 0 Å². The molecule has 1 unspecified atom stereocenters. The number of hydrogen-bond acceptors (Lipinski definition) is 5. The molecule has 1 N–H and O–H groups in total. The first-order valence-electron chi connectivity index (χ1n) is 9.57. The number of fused-ring (bicyclic) bond motifs is 1. The quantitative estimate of drug-likeness (QED) is 0.510. The van der Waals surface area contributed by atoms with Crippen LogP contribution < -0.4 is 10.1 Å². The van der Waals surface area contributed by atoms with Crippen LogP contribution in [0.25, 0.3) is 5.69 Å². The van der Waals surface area contributed by atoms with E-state index in [1.807, 2.05) is 55.8 Å². The fourth-order valence-electron chi connectivity index (χ4n) is 4.00. The second-order valence-electron chi connectivity index (χ2n) is 7.89. The first-order chi connectivity index (χ1) is 13.8. The molecule has 0 saturated carbocycles. The highest BCUT2D eigenvalue weighted by Crippen LogP contribution is 2.45. The second kappa shape index (κ2) is 6.92. The van der Waals surface area contributed by atoms with E-state index in [0.717, 1.165) is 28.3 Å². The highest BCUT2D eigenvalue weighted by molar-refractivity contribution is 5.63. The average Bonchev–Trinajstić information content (AvgIpc) is 3.34. The Hall–Kier alpha value is -3.35. The van der Waals surface area contributed by atoms with Gasteiger partial charge in [-0.1, -0.05) is 0 Å². The molecule has 0 fully saturated rings. The molecule has 150 valence electrons. The lowest BCUT2D eigenvalue weighted by atomic mass is 9.92. The van der Waals surface area contributed by atoms with Gasteiger partial charge in [-0.3, -0.25) is 10.1 Å². The Bertz CT molecular complexity index is 1070. The molecule has 0 saturated heterocycles. The maximum atomic E-state index is 11.5. The molecular formula is C22H24N4O3. The third-order valence-corrected chi connectivity index (χ3v) is 5.76. The predicted octanol–water partition coefficient (Wildman–Crippen LogP) is 4.51. The summed E-state index contributed by atoms with van der Waals surface area (Å²) >= 11 is 0. The van der Waals surface area contributed by atoms with Crippen molar-refractivity contribution >= 4 is 11.4 Å². The molecule has 0 amide bonds. The van der Waals surface area contributed by atoms with Crippen molar-refractivity contribution in [3.63, 3.8) is 0 Å². The lowest BCUT2D eigenvalue weighted by Crippen LogP contribution is -2.38. The molecule has 2 heterocycles. The van der Waals surface area contributed by atoms with Crippen LogP contribution in [0, 0.1) is 30.9 Å². The molecule has 1 atom stereocenters. The summed E-state index contributed by atoms with van der Waals surface area (Å²) in [6, 6.07) is 8.09. The van der Waals surface area contributed by atoms with Crippen LogP contribution in [0.4, 0.5) is 11.4 Å². The first kappa shape index (κ1) is 19.0. The molecule has 0 spiro atoms. The standard InChI is InChI=1S/C22H24N4O3/c1-14-15(2)21-19(16(3)20(14)26(27)28)11-22(4,29-21)12-24-17-5-7-18(8-6-17)25-10-9-23-13-25/h5-10,13,24H,11-12H2,1-4H3. The Kier molecular flexibility index (Phi) is 4.53. The third kappa shape index (κ3) is 3.33.